The normalized spacial score (nSPS) is 11.3. The highest BCUT2D eigenvalue weighted by Crippen LogP contribution is 2.37. The molecule has 5 aromatic carbocycles. The summed E-state index contributed by atoms with van der Waals surface area (Å²) in [7, 11) is -10.4. The van der Waals surface area contributed by atoms with Crippen molar-refractivity contribution in [1.29, 1.82) is 0 Å². The average Bonchev–Trinajstić information content (AvgIpc) is 3.13. The van der Waals surface area contributed by atoms with Gasteiger partial charge in [0.1, 0.15) is 4.90 Å². The first-order valence-corrected chi connectivity index (χ1v) is 17.9. The maximum atomic E-state index is 12.8. The minimum absolute atomic E-state index is 0.237. The lowest BCUT2D eigenvalue weighted by Crippen LogP contribution is -2.23. The van der Waals surface area contributed by atoms with Gasteiger partial charge in [-0.15, -0.1) is 0 Å². The summed E-state index contributed by atoms with van der Waals surface area (Å²) in [5, 5.41) is 4.97. The number of anilines is 2. The van der Waals surface area contributed by atoms with Crippen molar-refractivity contribution in [2.24, 2.45) is 0 Å². The van der Waals surface area contributed by atoms with Crippen LogP contribution in [0.25, 0.3) is 0 Å². The summed E-state index contributed by atoms with van der Waals surface area (Å²) in [5.41, 5.74) is 2.10. The highest BCUT2D eigenvalue weighted by atomic mass is 32.2. The molecule has 2 amide bonds. The van der Waals surface area contributed by atoms with E-state index < -0.39 is 66.6 Å². The SMILES string of the molecule is O=C(COc1cc(S(=O)(=O)O)cc(S(=O)(=O)O)c1OCC(=O)Nc1ccc(C(=O)c2ccccc2)cc1)Nc1ccc(C(=O)c2ccccc2)cc1. The fourth-order valence-corrected chi connectivity index (χ4v) is 6.01. The number of hydrogen-bond donors (Lipinski definition) is 4. The fourth-order valence-electron chi connectivity index (χ4n) is 4.74. The van der Waals surface area contributed by atoms with E-state index in [1.807, 2.05) is 0 Å². The summed E-state index contributed by atoms with van der Waals surface area (Å²) < 4.78 is 78.6. The second-order valence-corrected chi connectivity index (χ2v) is 13.7. The third kappa shape index (κ3) is 9.52. The van der Waals surface area contributed by atoms with Gasteiger partial charge in [0.15, 0.2) is 36.3 Å². The Labute approximate surface area is 297 Å². The Morgan fingerprint density at radius 3 is 1.33 bits per heavy atom. The number of carbonyl (C=O) groups excluding carboxylic acids is 4. The lowest BCUT2D eigenvalue weighted by atomic mass is 10.0. The topological polar surface area (TPSA) is 220 Å². The number of carbonyl (C=O) groups is 4. The molecule has 4 N–H and O–H groups in total. The molecule has 0 saturated carbocycles. The Bertz CT molecular complexity index is 2350. The highest BCUT2D eigenvalue weighted by Gasteiger charge is 2.27. The van der Waals surface area contributed by atoms with Crippen LogP contribution in [0.15, 0.2) is 131 Å². The second-order valence-electron chi connectivity index (χ2n) is 10.9. The molecule has 0 spiro atoms. The number of ketones is 2. The van der Waals surface area contributed by atoms with Crippen LogP contribution in [0.1, 0.15) is 31.8 Å². The minimum Gasteiger partial charge on any atom is -0.480 e. The number of rotatable bonds is 14. The standard InChI is InChI=1S/C36H28N2O12S2/c39-32(37-27-15-11-25(12-16-27)34(41)23-7-3-1-4-8-23)21-49-30-19-29(51(43,44)45)20-31(52(46,47)48)36(30)50-22-33(40)38-28-17-13-26(14-18-28)35(42)24-9-5-2-6-10-24/h1-20H,21-22H2,(H,37,39)(H,38,40)(H,43,44,45)(H,46,47,48). The molecule has 0 bridgehead atoms. The van der Waals surface area contributed by atoms with E-state index >= 15 is 0 Å². The zero-order chi connectivity index (χ0) is 37.5. The minimum atomic E-state index is -5.27. The van der Waals surface area contributed by atoms with Crippen LogP contribution < -0.4 is 20.1 Å². The average molecular weight is 745 g/mol. The molecule has 0 aliphatic rings. The van der Waals surface area contributed by atoms with E-state index in [1.165, 1.54) is 48.5 Å². The molecular weight excluding hydrogens is 717 g/mol. The number of benzene rings is 5. The summed E-state index contributed by atoms with van der Waals surface area (Å²) in [4.78, 5) is 48.6. The van der Waals surface area contributed by atoms with Gasteiger partial charge in [0, 0.05) is 39.7 Å². The zero-order valence-corrected chi connectivity index (χ0v) is 28.4. The Balaban J connectivity index is 1.29. The van der Waals surface area contributed by atoms with E-state index in [2.05, 4.69) is 10.6 Å². The summed E-state index contributed by atoms with van der Waals surface area (Å²) in [6.45, 7) is -1.78. The van der Waals surface area contributed by atoms with Crippen LogP contribution in [-0.4, -0.2) is 62.5 Å². The predicted molar refractivity (Wildman–Crippen MR) is 187 cm³/mol. The van der Waals surface area contributed by atoms with E-state index in [-0.39, 0.29) is 22.9 Å². The van der Waals surface area contributed by atoms with Crippen molar-refractivity contribution in [1.82, 2.24) is 0 Å². The smallest absolute Gasteiger partial charge is 0.298 e. The van der Waals surface area contributed by atoms with E-state index in [0.717, 1.165) is 0 Å². The lowest BCUT2D eigenvalue weighted by molar-refractivity contribution is -0.119. The lowest BCUT2D eigenvalue weighted by Gasteiger charge is -2.16. The predicted octanol–water partition coefficient (Wildman–Crippen LogP) is 4.68. The van der Waals surface area contributed by atoms with Crippen molar-refractivity contribution in [3.8, 4) is 11.5 Å². The number of hydrogen-bond acceptors (Lipinski definition) is 10. The molecule has 16 heteroatoms. The molecule has 0 saturated heterocycles. The van der Waals surface area contributed by atoms with Crippen LogP contribution in [-0.2, 0) is 29.8 Å². The van der Waals surface area contributed by atoms with Crippen LogP contribution >= 0.6 is 0 Å². The first-order chi connectivity index (χ1) is 24.7. The molecule has 0 aromatic heterocycles. The molecule has 0 aliphatic carbocycles. The Morgan fingerprint density at radius 1 is 0.519 bits per heavy atom. The Hall–Kier alpha value is -6.20. The summed E-state index contributed by atoms with van der Waals surface area (Å²) in [6, 6.07) is 29.7. The Morgan fingerprint density at radius 2 is 0.923 bits per heavy atom. The van der Waals surface area contributed by atoms with Gasteiger partial charge in [-0.2, -0.15) is 16.8 Å². The first kappa shape index (κ1) is 37.1. The van der Waals surface area contributed by atoms with Crippen molar-refractivity contribution in [2.45, 2.75) is 9.79 Å². The Kier molecular flexibility index (Phi) is 11.2. The molecule has 0 atom stereocenters. The number of amides is 2. The van der Waals surface area contributed by atoms with Gasteiger partial charge < -0.3 is 20.1 Å². The second kappa shape index (κ2) is 15.8. The highest BCUT2D eigenvalue weighted by molar-refractivity contribution is 7.86. The molecular formula is C36H28N2O12S2. The van der Waals surface area contributed by atoms with Crippen LogP contribution in [0, 0.1) is 0 Å². The van der Waals surface area contributed by atoms with E-state index in [1.54, 1.807) is 60.7 Å². The zero-order valence-electron chi connectivity index (χ0n) is 26.8. The third-order valence-electron chi connectivity index (χ3n) is 7.21. The van der Waals surface area contributed by atoms with Crippen LogP contribution in [0.4, 0.5) is 11.4 Å². The molecule has 5 aromatic rings. The van der Waals surface area contributed by atoms with Gasteiger partial charge in [-0.05, 0) is 54.6 Å². The molecule has 0 fully saturated rings. The van der Waals surface area contributed by atoms with Crippen molar-refractivity contribution >= 4 is 55.0 Å². The molecule has 0 heterocycles. The summed E-state index contributed by atoms with van der Waals surface area (Å²) in [6.07, 6.45) is 0. The fraction of sp³-hybridized carbons (Fsp3) is 0.0556. The third-order valence-corrected chi connectivity index (χ3v) is 8.90. The van der Waals surface area contributed by atoms with E-state index in [9.17, 15) is 45.1 Å². The molecule has 0 unspecified atom stereocenters. The monoisotopic (exact) mass is 744 g/mol. The van der Waals surface area contributed by atoms with Gasteiger partial charge in [-0.1, -0.05) is 60.7 Å². The van der Waals surface area contributed by atoms with Crippen molar-refractivity contribution in [2.75, 3.05) is 23.8 Å². The largest absolute Gasteiger partial charge is 0.480 e. The number of nitrogens with one attached hydrogen (secondary N) is 2. The maximum Gasteiger partial charge on any atom is 0.298 e. The molecule has 14 nitrogen and oxygen atoms in total. The van der Waals surface area contributed by atoms with Gasteiger partial charge in [-0.3, -0.25) is 28.3 Å². The summed E-state index contributed by atoms with van der Waals surface area (Å²) >= 11 is 0. The van der Waals surface area contributed by atoms with E-state index in [0.29, 0.717) is 34.4 Å². The molecule has 5 rings (SSSR count). The van der Waals surface area contributed by atoms with Crippen molar-refractivity contribution in [3.63, 3.8) is 0 Å². The first-order valence-electron chi connectivity index (χ1n) is 15.1. The van der Waals surface area contributed by atoms with Gasteiger partial charge in [0.2, 0.25) is 0 Å². The van der Waals surface area contributed by atoms with E-state index in [4.69, 9.17) is 9.47 Å². The van der Waals surface area contributed by atoms with Gasteiger partial charge in [0.25, 0.3) is 32.1 Å². The molecule has 52 heavy (non-hydrogen) atoms. The quantitative estimate of drug-likeness (QED) is 0.0900. The van der Waals surface area contributed by atoms with Crippen molar-refractivity contribution < 1.29 is 54.6 Å². The van der Waals surface area contributed by atoms with Crippen LogP contribution in [0.2, 0.25) is 0 Å². The van der Waals surface area contributed by atoms with Gasteiger partial charge in [0.05, 0.1) is 4.90 Å². The maximum absolute atomic E-state index is 12.8. The van der Waals surface area contributed by atoms with Crippen molar-refractivity contribution in [3.05, 3.63) is 144 Å². The molecule has 0 radical (unpaired) electrons. The number of ether oxygens (including phenoxy) is 2. The van der Waals surface area contributed by atoms with Crippen LogP contribution in [0.5, 0.6) is 11.5 Å². The van der Waals surface area contributed by atoms with Crippen LogP contribution in [0.3, 0.4) is 0 Å². The molecule has 0 aliphatic heterocycles. The molecule has 266 valence electrons. The van der Waals surface area contributed by atoms with Gasteiger partial charge >= 0.3 is 0 Å². The van der Waals surface area contributed by atoms with Gasteiger partial charge in [-0.25, -0.2) is 0 Å². The summed E-state index contributed by atoms with van der Waals surface area (Å²) in [5.74, 6) is -3.75.